The van der Waals surface area contributed by atoms with Gasteiger partial charge in [0, 0.05) is 18.8 Å². The van der Waals surface area contributed by atoms with Crippen LogP contribution >= 0.6 is 0 Å². The van der Waals surface area contributed by atoms with Crippen LogP contribution in [0.2, 0.25) is 0 Å². The maximum absolute atomic E-state index is 12.2. The zero-order valence-electron chi connectivity index (χ0n) is 12.2. The van der Waals surface area contributed by atoms with Crippen LogP contribution in [-0.2, 0) is 0 Å². The topological polar surface area (TPSA) is 50.5 Å². The third kappa shape index (κ3) is 2.20. The van der Waals surface area contributed by atoms with Gasteiger partial charge in [0.25, 0.3) is 0 Å². The van der Waals surface area contributed by atoms with Crippen LogP contribution in [0.3, 0.4) is 0 Å². The molecule has 19 heavy (non-hydrogen) atoms. The Kier molecular flexibility index (Phi) is 3.55. The van der Waals surface area contributed by atoms with Gasteiger partial charge in [0.1, 0.15) is 5.65 Å². The Hall–Kier alpha value is -1.91. The molecule has 0 spiro atoms. The zero-order valence-corrected chi connectivity index (χ0v) is 12.2. The number of nitrogens with zero attached hydrogens (tertiary/aromatic N) is 4. The second-order valence-corrected chi connectivity index (χ2v) is 4.73. The Morgan fingerprint density at radius 2 is 1.79 bits per heavy atom. The van der Waals surface area contributed by atoms with E-state index < -0.39 is 0 Å². The van der Waals surface area contributed by atoms with Crippen molar-refractivity contribution in [3.8, 4) is 0 Å². The van der Waals surface area contributed by atoms with E-state index in [0.717, 1.165) is 29.9 Å². The van der Waals surface area contributed by atoms with Gasteiger partial charge in [-0.2, -0.15) is 9.97 Å². The number of pyridine rings is 1. The van der Waals surface area contributed by atoms with E-state index in [-0.39, 0.29) is 5.69 Å². The number of aromatic nitrogens is 3. The van der Waals surface area contributed by atoms with Crippen molar-refractivity contribution in [1.82, 2.24) is 14.4 Å². The molecule has 0 amide bonds. The molecule has 2 heterocycles. The van der Waals surface area contributed by atoms with Gasteiger partial charge in [0.05, 0.1) is 0 Å². The van der Waals surface area contributed by atoms with Gasteiger partial charge in [-0.05, 0) is 51.8 Å². The van der Waals surface area contributed by atoms with Gasteiger partial charge in [-0.25, -0.2) is 9.20 Å². The van der Waals surface area contributed by atoms with Gasteiger partial charge in [-0.3, -0.25) is 0 Å². The highest BCUT2D eigenvalue weighted by molar-refractivity contribution is 5.54. The lowest BCUT2D eigenvalue weighted by molar-refractivity contribution is 0.792. The fraction of sp³-hybridized carbons (Fsp3) is 0.500. The van der Waals surface area contributed by atoms with Crippen LogP contribution in [0.1, 0.15) is 30.7 Å². The molecule has 2 rings (SSSR count). The molecule has 0 aliphatic rings. The maximum Gasteiger partial charge on any atom is 0.356 e. The van der Waals surface area contributed by atoms with Gasteiger partial charge in [-0.15, -0.1) is 0 Å². The zero-order chi connectivity index (χ0) is 14.2. The molecule has 5 heteroatoms. The molecule has 0 saturated carbocycles. The molecule has 0 bridgehead atoms. The Morgan fingerprint density at radius 3 is 2.37 bits per heavy atom. The summed E-state index contributed by atoms with van der Waals surface area (Å²) in [5, 5.41) is 0. The highest BCUT2D eigenvalue weighted by Crippen LogP contribution is 2.16. The average molecular weight is 260 g/mol. The summed E-state index contributed by atoms with van der Waals surface area (Å²) in [6.45, 7) is 11.6. The van der Waals surface area contributed by atoms with E-state index in [1.54, 1.807) is 4.40 Å². The number of hydrogen-bond donors (Lipinski definition) is 0. The van der Waals surface area contributed by atoms with Gasteiger partial charge >= 0.3 is 5.69 Å². The van der Waals surface area contributed by atoms with E-state index in [1.165, 1.54) is 0 Å². The first-order chi connectivity index (χ1) is 8.99. The molecule has 0 atom stereocenters. The SMILES string of the molecule is CCN(CC)c1nc(=O)n2c(C)cc(C)c(C)c2n1. The molecule has 0 aliphatic heterocycles. The second-order valence-electron chi connectivity index (χ2n) is 4.73. The van der Waals surface area contributed by atoms with Crippen molar-refractivity contribution in [3.05, 3.63) is 33.4 Å². The quantitative estimate of drug-likeness (QED) is 0.845. The molecule has 102 valence electrons. The molecular weight excluding hydrogens is 240 g/mol. The lowest BCUT2D eigenvalue weighted by Gasteiger charge is -2.19. The molecular formula is C14H20N4O. The number of rotatable bonds is 3. The van der Waals surface area contributed by atoms with Crippen molar-refractivity contribution in [2.24, 2.45) is 0 Å². The number of hydrogen-bond acceptors (Lipinski definition) is 4. The van der Waals surface area contributed by atoms with E-state index in [0.29, 0.717) is 11.6 Å². The third-order valence-corrected chi connectivity index (χ3v) is 3.56. The van der Waals surface area contributed by atoms with Crippen LogP contribution in [0.5, 0.6) is 0 Å². The average Bonchev–Trinajstić information content (AvgIpc) is 2.36. The fourth-order valence-electron chi connectivity index (χ4n) is 2.28. The summed E-state index contributed by atoms with van der Waals surface area (Å²) in [4.78, 5) is 22.9. The van der Waals surface area contributed by atoms with Crippen molar-refractivity contribution < 1.29 is 0 Å². The lowest BCUT2D eigenvalue weighted by atomic mass is 10.1. The molecule has 0 radical (unpaired) electrons. The van der Waals surface area contributed by atoms with E-state index in [1.807, 2.05) is 45.6 Å². The summed E-state index contributed by atoms with van der Waals surface area (Å²) in [6.07, 6.45) is 0. The van der Waals surface area contributed by atoms with Gasteiger partial charge in [0.2, 0.25) is 5.95 Å². The predicted octanol–water partition coefficient (Wildman–Crippen LogP) is 1.86. The van der Waals surface area contributed by atoms with Crippen molar-refractivity contribution in [3.63, 3.8) is 0 Å². The minimum absolute atomic E-state index is 0.257. The minimum atomic E-state index is -0.257. The molecule has 2 aromatic rings. The Balaban J connectivity index is 2.82. The van der Waals surface area contributed by atoms with E-state index in [4.69, 9.17) is 0 Å². The first kappa shape index (κ1) is 13.5. The summed E-state index contributed by atoms with van der Waals surface area (Å²) in [7, 11) is 0. The maximum atomic E-state index is 12.2. The fourth-order valence-corrected chi connectivity index (χ4v) is 2.28. The molecule has 0 N–H and O–H groups in total. The first-order valence-electron chi connectivity index (χ1n) is 6.62. The molecule has 0 unspecified atom stereocenters. The third-order valence-electron chi connectivity index (χ3n) is 3.56. The molecule has 0 aromatic carbocycles. The molecule has 2 aromatic heterocycles. The largest absolute Gasteiger partial charge is 0.356 e. The van der Waals surface area contributed by atoms with Crippen LogP contribution < -0.4 is 10.6 Å². The summed E-state index contributed by atoms with van der Waals surface area (Å²) in [5.41, 5.74) is 3.49. The van der Waals surface area contributed by atoms with E-state index >= 15 is 0 Å². The Morgan fingerprint density at radius 1 is 1.16 bits per heavy atom. The van der Waals surface area contributed by atoms with Crippen LogP contribution in [0.4, 0.5) is 5.95 Å². The molecule has 0 aliphatic carbocycles. The van der Waals surface area contributed by atoms with Crippen LogP contribution in [-0.4, -0.2) is 27.5 Å². The van der Waals surface area contributed by atoms with Crippen LogP contribution in [0, 0.1) is 20.8 Å². The summed E-state index contributed by atoms with van der Waals surface area (Å²) in [5.74, 6) is 0.517. The summed E-state index contributed by atoms with van der Waals surface area (Å²) < 4.78 is 1.58. The van der Waals surface area contributed by atoms with Crippen molar-refractivity contribution >= 4 is 11.6 Å². The normalized spacial score (nSPS) is 11.0. The van der Waals surface area contributed by atoms with E-state index in [2.05, 4.69) is 9.97 Å². The Labute approximate surface area is 112 Å². The van der Waals surface area contributed by atoms with Crippen molar-refractivity contribution in [1.29, 1.82) is 0 Å². The van der Waals surface area contributed by atoms with E-state index in [9.17, 15) is 4.79 Å². The number of anilines is 1. The molecule has 5 nitrogen and oxygen atoms in total. The predicted molar refractivity (Wildman–Crippen MR) is 77.0 cm³/mol. The van der Waals surface area contributed by atoms with Crippen molar-refractivity contribution in [2.75, 3.05) is 18.0 Å². The number of fused-ring (bicyclic) bond motifs is 1. The highest BCUT2D eigenvalue weighted by Gasteiger charge is 2.13. The monoisotopic (exact) mass is 260 g/mol. The Bertz CT molecular complexity index is 671. The minimum Gasteiger partial charge on any atom is -0.341 e. The lowest BCUT2D eigenvalue weighted by Crippen LogP contribution is -2.30. The number of aryl methyl sites for hydroxylation is 3. The highest BCUT2D eigenvalue weighted by atomic mass is 16.1. The molecule has 0 saturated heterocycles. The van der Waals surface area contributed by atoms with Crippen molar-refractivity contribution in [2.45, 2.75) is 34.6 Å². The van der Waals surface area contributed by atoms with Gasteiger partial charge in [0.15, 0.2) is 0 Å². The first-order valence-corrected chi connectivity index (χ1v) is 6.62. The van der Waals surface area contributed by atoms with Crippen LogP contribution in [0.15, 0.2) is 10.9 Å². The molecule has 0 fully saturated rings. The standard InChI is InChI=1S/C14H20N4O/c1-6-17(7-2)13-15-12-11(5)9(3)8-10(4)18(12)14(19)16-13/h8H,6-7H2,1-5H3. The smallest absolute Gasteiger partial charge is 0.341 e. The van der Waals surface area contributed by atoms with Crippen LogP contribution in [0.25, 0.3) is 5.65 Å². The second kappa shape index (κ2) is 4.99. The summed E-state index contributed by atoms with van der Waals surface area (Å²) >= 11 is 0. The van der Waals surface area contributed by atoms with Gasteiger partial charge in [-0.1, -0.05) is 0 Å². The van der Waals surface area contributed by atoms with Gasteiger partial charge < -0.3 is 4.90 Å². The summed E-state index contributed by atoms with van der Waals surface area (Å²) in [6, 6.07) is 1.99.